The number of anilines is 1. The van der Waals surface area contributed by atoms with Crippen LogP contribution in [-0.4, -0.2) is 26.2 Å². The number of thiophene rings is 1. The molecular formula is C20H17NO4S. The van der Waals surface area contributed by atoms with Crippen LogP contribution in [0.3, 0.4) is 0 Å². The number of rotatable bonds is 4. The first kappa shape index (κ1) is 16.5. The lowest BCUT2D eigenvalue weighted by Crippen LogP contribution is -2.15. The number of nitrogens with one attached hydrogen (secondary N) is 1. The zero-order chi connectivity index (χ0) is 17.9. The van der Waals surface area contributed by atoms with E-state index in [4.69, 9.17) is 14.2 Å². The zero-order valence-electron chi connectivity index (χ0n) is 14.2. The van der Waals surface area contributed by atoms with Gasteiger partial charge in [0.15, 0.2) is 11.5 Å². The number of carbonyl (C=O) groups is 1. The third kappa shape index (κ3) is 3.23. The summed E-state index contributed by atoms with van der Waals surface area (Å²) in [5.41, 5.74) is 1.64. The van der Waals surface area contributed by atoms with E-state index in [-0.39, 0.29) is 5.91 Å². The van der Waals surface area contributed by atoms with Crippen molar-refractivity contribution in [3.63, 3.8) is 0 Å². The molecule has 0 atom stereocenters. The predicted octanol–water partition coefficient (Wildman–Crippen LogP) is 4.45. The summed E-state index contributed by atoms with van der Waals surface area (Å²) < 4.78 is 16.5. The molecule has 0 radical (unpaired) electrons. The number of para-hydroxylation sites is 2. The van der Waals surface area contributed by atoms with E-state index in [9.17, 15) is 4.79 Å². The quantitative estimate of drug-likeness (QED) is 0.740. The highest BCUT2D eigenvalue weighted by atomic mass is 32.1. The van der Waals surface area contributed by atoms with Crippen LogP contribution in [0.2, 0.25) is 0 Å². The van der Waals surface area contributed by atoms with Gasteiger partial charge in [-0.1, -0.05) is 12.1 Å². The van der Waals surface area contributed by atoms with Crippen LogP contribution in [0.25, 0.3) is 10.4 Å². The number of fused-ring (bicyclic) bond motifs is 1. The van der Waals surface area contributed by atoms with Crippen LogP contribution in [0, 0.1) is 0 Å². The van der Waals surface area contributed by atoms with Crippen LogP contribution in [0.5, 0.6) is 17.2 Å². The van der Waals surface area contributed by atoms with Gasteiger partial charge in [-0.05, 0) is 48.0 Å². The van der Waals surface area contributed by atoms with Crippen molar-refractivity contribution in [3.8, 4) is 27.7 Å². The molecular weight excluding hydrogens is 350 g/mol. The van der Waals surface area contributed by atoms with Gasteiger partial charge < -0.3 is 19.5 Å². The van der Waals surface area contributed by atoms with Gasteiger partial charge in [-0.2, -0.15) is 0 Å². The molecule has 0 fully saturated rings. The molecule has 1 aromatic heterocycles. The van der Waals surface area contributed by atoms with E-state index in [1.54, 1.807) is 7.11 Å². The molecule has 2 heterocycles. The Morgan fingerprint density at radius 1 is 1.04 bits per heavy atom. The van der Waals surface area contributed by atoms with E-state index in [0.717, 1.165) is 21.9 Å². The summed E-state index contributed by atoms with van der Waals surface area (Å²) in [6.07, 6.45) is 0. The summed E-state index contributed by atoms with van der Waals surface area (Å²) in [7, 11) is 1.58. The van der Waals surface area contributed by atoms with Gasteiger partial charge in [0.25, 0.3) is 5.91 Å². The Morgan fingerprint density at radius 3 is 2.69 bits per heavy atom. The van der Waals surface area contributed by atoms with Gasteiger partial charge >= 0.3 is 0 Å². The zero-order valence-corrected chi connectivity index (χ0v) is 15.0. The molecule has 0 saturated carbocycles. The molecule has 1 amide bonds. The average molecular weight is 367 g/mol. The van der Waals surface area contributed by atoms with Gasteiger partial charge in [0.1, 0.15) is 19.0 Å². The lowest BCUT2D eigenvalue weighted by Gasteiger charge is -2.18. The summed E-state index contributed by atoms with van der Waals surface area (Å²) in [6.45, 7) is 1.12. The smallest absolute Gasteiger partial charge is 0.265 e. The number of methoxy groups -OCH3 is 1. The van der Waals surface area contributed by atoms with Gasteiger partial charge in [-0.25, -0.2) is 0 Å². The summed E-state index contributed by atoms with van der Waals surface area (Å²) in [4.78, 5) is 14.2. The van der Waals surface area contributed by atoms with E-state index < -0.39 is 0 Å². The monoisotopic (exact) mass is 367 g/mol. The van der Waals surface area contributed by atoms with E-state index in [1.165, 1.54) is 11.3 Å². The van der Waals surface area contributed by atoms with Gasteiger partial charge in [-0.3, -0.25) is 4.79 Å². The van der Waals surface area contributed by atoms with Crippen molar-refractivity contribution >= 4 is 22.9 Å². The highest BCUT2D eigenvalue weighted by Gasteiger charge is 2.16. The Labute approximate surface area is 155 Å². The second kappa shape index (κ2) is 7.09. The first-order valence-electron chi connectivity index (χ1n) is 8.19. The van der Waals surface area contributed by atoms with E-state index in [2.05, 4.69) is 5.32 Å². The fourth-order valence-corrected chi connectivity index (χ4v) is 3.64. The lowest BCUT2D eigenvalue weighted by molar-refractivity contribution is 0.103. The van der Waals surface area contributed by atoms with Crippen LogP contribution in [0.15, 0.2) is 54.6 Å². The van der Waals surface area contributed by atoms with Crippen molar-refractivity contribution in [2.45, 2.75) is 0 Å². The number of ether oxygens (including phenoxy) is 3. The Hall–Kier alpha value is -2.99. The minimum Gasteiger partial charge on any atom is -0.495 e. The number of hydrogen-bond donors (Lipinski definition) is 1. The van der Waals surface area contributed by atoms with Crippen molar-refractivity contribution in [3.05, 3.63) is 59.5 Å². The minimum atomic E-state index is -0.164. The fraction of sp³-hybridized carbons (Fsp3) is 0.150. The third-order valence-electron chi connectivity index (χ3n) is 4.01. The van der Waals surface area contributed by atoms with Gasteiger partial charge in [0, 0.05) is 4.88 Å². The van der Waals surface area contributed by atoms with Crippen molar-refractivity contribution in [1.82, 2.24) is 0 Å². The molecule has 3 aromatic rings. The molecule has 0 spiro atoms. The maximum absolute atomic E-state index is 12.6. The molecule has 0 bridgehead atoms. The lowest BCUT2D eigenvalue weighted by atomic mass is 10.1. The first-order chi connectivity index (χ1) is 12.7. The van der Waals surface area contributed by atoms with Crippen LogP contribution in [-0.2, 0) is 0 Å². The predicted molar refractivity (Wildman–Crippen MR) is 102 cm³/mol. The number of carbonyl (C=O) groups excluding carboxylic acids is 1. The molecule has 2 aromatic carbocycles. The Balaban J connectivity index is 1.55. The third-order valence-corrected chi connectivity index (χ3v) is 5.14. The molecule has 4 rings (SSSR count). The molecule has 0 saturated heterocycles. The standard InChI is InChI=1S/C20H17NO4S/c1-23-15-5-3-2-4-14(15)21-20(22)19-9-8-18(26-19)13-6-7-16-17(12-13)25-11-10-24-16/h2-9,12H,10-11H2,1H3,(H,21,22). The molecule has 1 aliphatic heterocycles. The van der Waals surface area contributed by atoms with E-state index >= 15 is 0 Å². The summed E-state index contributed by atoms with van der Waals surface area (Å²) in [5, 5.41) is 2.89. The second-order valence-corrected chi connectivity index (χ2v) is 6.76. The summed E-state index contributed by atoms with van der Waals surface area (Å²) in [5.74, 6) is 1.96. The van der Waals surface area contributed by atoms with Crippen LogP contribution in [0.4, 0.5) is 5.69 Å². The number of hydrogen-bond acceptors (Lipinski definition) is 5. The highest BCUT2D eigenvalue weighted by molar-refractivity contribution is 7.17. The Bertz CT molecular complexity index is 950. The van der Waals surface area contributed by atoms with Crippen LogP contribution >= 0.6 is 11.3 Å². The number of amides is 1. The fourth-order valence-electron chi connectivity index (χ4n) is 2.74. The highest BCUT2D eigenvalue weighted by Crippen LogP contribution is 2.37. The maximum Gasteiger partial charge on any atom is 0.265 e. The molecule has 6 heteroatoms. The van der Waals surface area contributed by atoms with Gasteiger partial charge in [0.2, 0.25) is 0 Å². The topological polar surface area (TPSA) is 56.8 Å². The van der Waals surface area contributed by atoms with Crippen molar-refractivity contribution in [2.24, 2.45) is 0 Å². The van der Waals surface area contributed by atoms with E-state index in [1.807, 2.05) is 54.6 Å². The van der Waals surface area contributed by atoms with Gasteiger partial charge in [-0.15, -0.1) is 11.3 Å². The van der Waals surface area contributed by atoms with Crippen molar-refractivity contribution in [2.75, 3.05) is 25.6 Å². The second-order valence-electron chi connectivity index (χ2n) is 5.68. The number of benzene rings is 2. The molecule has 132 valence electrons. The first-order valence-corrected chi connectivity index (χ1v) is 9.00. The molecule has 1 N–H and O–H groups in total. The molecule has 0 aliphatic carbocycles. The maximum atomic E-state index is 12.6. The normalized spacial score (nSPS) is 12.5. The SMILES string of the molecule is COc1ccccc1NC(=O)c1ccc(-c2ccc3c(c2)OCCO3)s1. The average Bonchev–Trinajstić information content (AvgIpc) is 3.18. The van der Waals surface area contributed by atoms with Gasteiger partial charge in [0.05, 0.1) is 17.7 Å². The Kier molecular flexibility index (Phi) is 4.50. The van der Waals surface area contributed by atoms with Crippen molar-refractivity contribution < 1.29 is 19.0 Å². The molecule has 0 unspecified atom stereocenters. The van der Waals surface area contributed by atoms with Crippen LogP contribution < -0.4 is 19.5 Å². The molecule has 1 aliphatic rings. The largest absolute Gasteiger partial charge is 0.495 e. The van der Waals surface area contributed by atoms with E-state index in [0.29, 0.717) is 29.5 Å². The van der Waals surface area contributed by atoms with Crippen molar-refractivity contribution in [1.29, 1.82) is 0 Å². The minimum absolute atomic E-state index is 0.164. The summed E-state index contributed by atoms with van der Waals surface area (Å²) in [6, 6.07) is 16.9. The molecule has 26 heavy (non-hydrogen) atoms. The molecule has 5 nitrogen and oxygen atoms in total. The summed E-state index contributed by atoms with van der Waals surface area (Å²) >= 11 is 1.43. The van der Waals surface area contributed by atoms with Crippen LogP contribution in [0.1, 0.15) is 9.67 Å². The Morgan fingerprint density at radius 2 is 1.85 bits per heavy atom.